The fraction of sp³-hybridized carbons (Fsp3) is 0.500. The maximum atomic E-state index is 12.9. The number of likely N-dealkylation sites (tertiary alicyclic amines) is 1. The molecule has 4 nitrogen and oxygen atoms in total. The molecule has 1 heterocycles. The van der Waals surface area contributed by atoms with Crippen molar-refractivity contribution < 1.29 is 23.1 Å². The molecule has 2 rings (SSSR count). The minimum absolute atomic E-state index is 0.124. The van der Waals surface area contributed by atoms with Gasteiger partial charge in [0.05, 0.1) is 11.7 Å². The van der Waals surface area contributed by atoms with Crippen molar-refractivity contribution in [3.63, 3.8) is 0 Å². The topological polar surface area (TPSA) is 52.6 Å². The van der Waals surface area contributed by atoms with Gasteiger partial charge in [0.2, 0.25) is 0 Å². The van der Waals surface area contributed by atoms with Crippen LogP contribution in [0.4, 0.5) is 18.0 Å². The van der Waals surface area contributed by atoms with Crippen molar-refractivity contribution >= 4 is 6.03 Å². The number of hydrogen-bond acceptors (Lipinski definition) is 2. The molecule has 1 aromatic carbocycles. The molecule has 1 saturated heterocycles. The van der Waals surface area contributed by atoms with Gasteiger partial charge in [0.1, 0.15) is 0 Å². The fourth-order valence-corrected chi connectivity index (χ4v) is 2.30. The van der Waals surface area contributed by atoms with Crippen LogP contribution in [-0.4, -0.2) is 41.8 Å². The summed E-state index contributed by atoms with van der Waals surface area (Å²) in [4.78, 5) is 13.1. The summed E-state index contributed by atoms with van der Waals surface area (Å²) < 4.78 is 38.7. The van der Waals surface area contributed by atoms with E-state index in [2.05, 4.69) is 5.32 Å². The zero-order valence-electron chi connectivity index (χ0n) is 11.5. The number of hydrogen-bond donors (Lipinski definition) is 2. The molecule has 2 N–H and O–H groups in total. The van der Waals surface area contributed by atoms with Gasteiger partial charge in [0.15, 0.2) is 0 Å². The quantitative estimate of drug-likeness (QED) is 0.899. The third-order valence-electron chi connectivity index (χ3n) is 3.42. The van der Waals surface area contributed by atoms with E-state index in [1.54, 1.807) is 13.0 Å². The molecule has 1 aliphatic heterocycles. The van der Waals surface area contributed by atoms with Crippen molar-refractivity contribution in [1.29, 1.82) is 0 Å². The Morgan fingerprint density at radius 3 is 2.62 bits per heavy atom. The molecule has 0 bridgehead atoms. The lowest BCUT2D eigenvalue weighted by molar-refractivity contribution is -0.138. The maximum absolute atomic E-state index is 12.9. The molecule has 0 aliphatic carbocycles. The SMILES string of the molecule is C[C@@H](O)CNC(=O)N1CC(c2ccccc2C(F)(F)F)C1. The zero-order chi connectivity index (χ0) is 15.6. The molecule has 1 fully saturated rings. The second-order valence-corrected chi connectivity index (χ2v) is 5.22. The number of urea groups is 1. The molecule has 7 heteroatoms. The van der Waals surface area contributed by atoms with Crippen molar-refractivity contribution in [3.05, 3.63) is 35.4 Å². The van der Waals surface area contributed by atoms with Crippen LogP contribution in [0.5, 0.6) is 0 Å². The average Bonchev–Trinajstić information content (AvgIpc) is 2.34. The first-order valence-corrected chi connectivity index (χ1v) is 6.66. The zero-order valence-corrected chi connectivity index (χ0v) is 11.5. The van der Waals surface area contributed by atoms with Gasteiger partial charge in [-0.05, 0) is 18.6 Å². The van der Waals surface area contributed by atoms with Crippen molar-refractivity contribution in [2.45, 2.75) is 25.1 Å². The summed E-state index contributed by atoms with van der Waals surface area (Å²) in [5.41, 5.74) is -0.413. The first-order valence-electron chi connectivity index (χ1n) is 6.66. The van der Waals surface area contributed by atoms with Crippen LogP contribution in [0.25, 0.3) is 0 Å². The molecule has 116 valence electrons. The molecule has 1 aromatic rings. The summed E-state index contributed by atoms with van der Waals surface area (Å²) in [6, 6.07) is 5.08. The number of nitrogens with one attached hydrogen (secondary N) is 1. The van der Waals surface area contributed by atoms with Gasteiger partial charge < -0.3 is 15.3 Å². The van der Waals surface area contributed by atoms with E-state index < -0.39 is 17.8 Å². The second-order valence-electron chi connectivity index (χ2n) is 5.22. The number of rotatable bonds is 3. The number of carbonyl (C=O) groups excluding carboxylic acids is 1. The Balaban J connectivity index is 1.98. The minimum Gasteiger partial charge on any atom is -0.392 e. The Bertz CT molecular complexity index is 511. The molecule has 0 saturated carbocycles. The van der Waals surface area contributed by atoms with Crippen LogP contribution >= 0.6 is 0 Å². The van der Waals surface area contributed by atoms with Crippen molar-refractivity contribution in [1.82, 2.24) is 10.2 Å². The number of nitrogens with zero attached hydrogens (tertiary/aromatic N) is 1. The van der Waals surface area contributed by atoms with Gasteiger partial charge in [-0.3, -0.25) is 0 Å². The highest BCUT2D eigenvalue weighted by atomic mass is 19.4. The predicted molar refractivity (Wildman–Crippen MR) is 70.8 cm³/mol. The van der Waals surface area contributed by atoms with Gasteiger partial charge in [0.25, 0.3) is 0 Å². The summed E-state index contributed by atoms with van der Waals surface area (Å²) in [7, 11) is 0. The molecular weight excluding hydrogens is 285 g/mol. The average molecular weight is 302 g/mol. The number of alkyl halides is 3. The van der Waals surface area contributed by atoms with E-state index in [4.69, 9.17) is 5.11 Å². The van der Waals surface area contributed by atoms with E-state index in [1.807, 2.05) is 0 Å². The lowest BCUT2D eigenvalue weighted by Crippen LogP contribution is -2.53. The Labute approximate surface area is 120 Å². The van der Waals surface area contributed by atoms with Crippen LogP contribution in [0.15, 0.2) is 24.3 Å². The van der Waals surface area contributed by atoms with E-state index in [9.17, 15) is 18.0 Å². The molecule has 0 aromatic heterocycles. The van der Waals surface area contributed by atoms with E-state index in [-0.39, 0.29) is 37.1 Å². The van der Waals surface area contributed by atoms with Crippen LogP contribution in [0.2, 0.25) is 0 Å². The van der Waals surface area contributed by atoms with Gasteiger partial charge in [-0.2, -0.15) is 13.2 Å². The lowest BCUT2D eigenvalue weighted by Gasteiger charge is -2.40. The lowest BCUT2D eigenvalue weighted by atomic mass is 9.88. The van der Waals surface area contributed by atoms with E-state index in [0.29, 0.717) is 0 Å². The molecule has 2 amide bonds. The number of halogens is 3. The van der Waals surface area contributed by atoms with Crippen LogP contribution in [-0.2, 0) is 6.18 Å². The van der Waals surface area contributed by atoms with Crippen molar-refractivity contribution in [2.24, 2.45) is 0 Å². The van der Waals surface area contributed by atoms with Gasteiger partial charge in [-0.1, -0.05) is 18.2 Å². The standard InChI is InChI=1S/C14H17F3N2O2/c1-9(20)6-18-13(21)19-7-10(8-19)11-4-2-3-5-12(11)14(15,16)17/h2-5,9-10,20H,6-8H2,1H3,(H,18,21)/t9-/m1/s1. The molecule has 1 aliphatic rings. The largest absolute Gasteiger partial charge is 0.416 e. The molecule has 0 radical (unpaired) electrons. The van der Waals surface area contributed by atoms with Crippen LogP contribution in [0.3, 0.4) is 0 Å². The molecule has 0 unspecified atom stereocenters. The number of amides is 2. The Morgan fingerprint density at radius 2 is 2.05 bits per heavy atom. The monoisotopic (exact) mass is 302 g/mol. The Morgan fingerprint density at radius 1 is 1.43 bits per heavy atom. The Hall–Kier alpha value is -1.76. The van der Waals surface area contributed by atoms with Gasteiger partial charge in [0, 0.05) is 25.6 Å². The third kappa shape index (κ3) is 3.66. The van der Waals surface area contributed by atoms with Crippen LogP contribution < -0.4 is 5.32 Å². The molecular formula is C14H17F3N2O2. The van der Waals surface area contributed by atoms with E-state index in [1.165, 1.54) is 17.0 Å². The second kappa shape index (κ2) is 5.93. The minimum atomic E-state index is -4.38. The fourth-order valence-electron chi connectivity index (χ4n) is 2.30. The highest BCUT2D eigenvalue weighted by Gasteiger charge is 2.39. The number of aliphatic hydroxyl groups excluding tert-OH is 1. The molecule has 1 atom stereocenters. The van der Waals surface area contributed by atoms with Gasteiger partial charge in [-0.15, -0.1) is 0 Å². The number of aliphatic hydroxyl groups is 1. The number of carbonyl (C=O) groups is 1. The maximum Gasteiger partial charge on any atom is 0.416 e. The molecule has 21 heavy (non-hydrogen) atoms. The first kappa shape index (κ1) is 15.6. The summed E-state index contributed by atoms with van der Waals surface area (Å²) in [6.45, 7) is 2.16. The summed E-state index contributed by atoms with van der Waals surface area (Å²) in [5, 5.41) is 11.6. The summed E-state index contributed by atoms with van der Waals surface area (Å²) in [5.74, 6) is -0.305. The highest BCUT2D eigenvalue weighted by Crippen LogP contribution is 2.38. The van der Waals surface area contributed by atoms with E-state index in [0.717, 1.165) is 6.07 Å². The Kier molecular flexibility index (Phi) is 4.41. The van der Waals surface area contributed by atoms with Gasteiger partial charge >= 0.3 is 12.2 Å². The van der Waals surface area contributed by atoms with Crippen LogP contribution in [0, 0.1) is 0 Å². The van der Waals surface area contributed by atoms with Crippen molar-refractivity contribution in [3.8, 4) is 0 Å². The van der Waals surface area contributed by atoms with Crippen molar-refractivity contribution in [2.75, 3.05) is 19.6 Å². The summed E-state index contributed by atoms with van der Waals surface area (Å²) in [6.07, 6.45) is -5.04. The highest BCUT2D eigenvalue weighted by molar-refractivity contribution is 5.75. The number of benzene rings is 1. The van der Waals surface area contributed by atoms with E-state index >= 15 is 0 Å². The van der Waals surface area contributed by atoms with Gasteiger partial charge in [-0.25, -0.2) is 4.79 Å². The normalized spacial score (nSPS) is 17.3. The molecule has 0 spiro atoms. The predicted octanol–water partition coefficient (Wildman–Crippen LogP) is 2.20. The van der Waals surface area contributed by atoms with Crippen LogP contribution in [0.1, 0.15) is 24.0 Å². The third-order valence-corrected chi connectivity index (χ3v) is 3.42. The smallest absolute Gasteiger partial charge is 0.392 e. The summed E-state index contributed by atoms with van der Waals surface area (Å²) >= 11 is 0. The first-order chi connectivity index (χ1) is 9.79.